The van der Waals surface area contributed by atoms with Gasteiger partial charge in [-0.15, -0.1) is 11.3 Å². The first-order valence-corrected chi connectivity index (χ1v) is 10.7. The lowest BCUT2D eigenvalue weighted by molar-refractivity contribution is -0.123. The van der Waals surface area contributed by atoms with Crippen LogP contribution in [0.3, 0.4) is 0 Å². The summed E-state index contributed by atoms with van der Waals surface area (Å²) in [6, 6.07) is 7.55. The van der Waals surface area contributed by atoms with Crippen molar-refractivity contribution < 1.29 is 22.7 Å². The van der Waals surface area contributed by atoms with Gasteiger partial charge in [-0.05, 0) is 29.5 Å². The van der Waals surface area contributed by atoms with Crippen molar-refractivity contribution in [2.75, 3.05) is 14.2 Å². The van der Waals surface area contributed by atoms with Gasteiger partial charge in [0.1, 0.15) is 21.8 Å². The van der Waals surface area contributed by atoms with Crippen LogP contribution in [-0.4, -0.2) is 34.6 Å². The normalized spacial score (nSPS) is 12.6. The van der Waals surface area contributed by atoms with Crippen molar-refractivity contribution in [2.24, 2.45) is 5.92 Å². The fourth-order valence-corrected chi connectivity index (χ4v) is 4.78. The van der Waals surface area contributed by atoms with Crippen molar-refractivity contribution in [1.29, 1.82) is 0 Å². The van der Waals surface area contributed by atoms with E-state index >= 15 is 0 Å². The summed E-state index contributed by atoms with van der Waals surface area (Å²) in [6.45, 7) is 3.78. The van der Waals surface area contributed by atoms with Crippen LogP contribution in [0.25, 0.3) is 0 Å². The maximum absolute atomic E-state index is 12.6. The minimum Gasteiger partial charge on any atom is -0.497 e. The van der Waals surface area contributed by atoms with Gasteiger partial charge in [0.15, 0.2) is 0 Å². The summed E-state index contributed by atoms with van der Waals surface area (Å²) in [5.41, 5.74) is 0.760. The van der Waals surface area contributed by atoms with E-state index in [0.717, 1.165) is 16.9 Å². The second kappa shape index (κ2) is 9.20. The number of rotatable bonds is 9. The third-order valence-electron chi connectivity index (χ3n) is 3.94. The van der Waals surface area contributed by atoms with Crippen LogP contribution in [0, 0.1) is 5.92 Å². The zero-order valence-electron chi connectivity index (χ0n) is 15.7. The highest BCUT2D eigenvalue weighted by Gasteiger charge is 2.28. The van der Waals surface area contributed by atoms with Crippen LogP contribution in [0.5, 0.6) is 11.5 Å². The number of carbonyl (C=O) groups excluding carboxylic acids is 1. The molecule has 1 atom stereocenters. The van der Waals surface area contributed by atoms with Crippen LogP contribution < -0.4 is 19.5 Å². The second-order valence-corrected chi connectivity index (χ2v) is 9.06. The van der Waals surface area contributed by atoms with Crippen LogP contribution in [-0.2, 0) is 21.4 Å². The number of carbonyl (C=O) groups is 1. The van der Waals surface area contributed by atoms with Gasteiger partial charge in [-0.1, -0.05) is 19.9 Å². The molecule has 0 radical (unpaired) electrons. The molecule has 0 saturated carbocycles. The molecule has 148 valence electrons. The number of hydrogen-bond acceptors (Lipinski definition) is 6. The average molecular weight is 413 g/mol. The Balaban J connectivity index is 2.10. The molecule has 2 N–H and O–H groups in total. The Hall–Kier alpha value is -2.10. The van der Waals surface area contributed by atoms with Crippen molar-refractivity contribution in [3.63, 3.8) is 0 Å². The van der Waals surface area contributed by atoms with Crippen LogP contribution in [0.15, 0.2) is 39.9 Å². The lowest BCUT2D eigenvalue weighted by atomic mass is 10.0. The molecule has 7 nitrogen and oxygen atoms in total. The molecule has 0 bridgehead atoms. The Morgan fingerprint density at radius 3 is 2.48 bits per heavy atom. The average Bonchev–Trinajstić information content (AvgIpc) is 3.19. The van der Waals surface area contributed by atoms with Gasteiger partial charge in [0.25, 0.3) is 10.0 Å². The van der Waals surface area contributed by atoms with Crippen molar-refractivity contribution in [3.05, 3.63) is 41.3 Å². The monoisotopic (exact) mass is 412 g/mol. The predicted octanol–water partition coefficient (Wildman–Crippen LogP) is 2.38. The van der Waals surface area contributed by atoms with E-state index in [1.807, 2.05) is 0 Å². The smallest absolute Gasteiger partial charge is 0.250 e. The lowest BCUT2D eigenvalue weighted by Gasteiger charge is -2.21. The van der Waals surface area contributed by atoms with Gasteiger partial charge in [-0.3, -0.25) is 4.79 Å². The number of ether oxygens (including phenoxy) is 2. The third kappa shape index (κ3) is 5.44. The Labute approximate surface area is 163 Å². The summed E-state index contributed by atoms with van der Waals surface area (Å²) in [7, 11) is -0.652. The number of thiophene rings is 1. The minimum atomic E-state index is -3.74. The highest BCUT2D eigenvalue weighted by molar-refractivity contribution is 7.91. The molecule has 1 unspecified atom stereocenters. The summed E-state index contributed by atoms with van der Waals surface area (Å²) in [6.07, 6.45) is 0. The third-order valence-corrected chi connectivity index (χ3v) is 6.78. The fourth-order valence-electron chi connectivity index (χ4n) is 2.42. The zero-order valence-corrected chi connectivity index (χ0v) is 17.3. The van der Waals surface area contributed by atoms with Crippen molar-refractivity contribution in [3.8, 4) is 11.5 Å². The molecule has 1 aromatic carbocycles. The number of benzene rings is 1. The molecule has 1 aromatic heterocycles. The van der Waals surface area contributed by atoms with E-state index < -0.39 is 22.0 Å². The predicted molar refractivity (Wildman–Crippen MR) is 105 cm³/mol. The SMILES string of the molecule is COc1ccc(CNC(=O)C(NS(=O)(=O)c2cccs2)C(C)C)c(OC)c1. The molecule has 0 aliphatic rings. The van der Waals surface area contributed by atoms with E-state index in [-0.39, 0.29) is 16.7 Å². The molecule has 0 spiro atoms. The van der Waals surface area contributed by atoms with Gasteiger partial charge in [-0.25, -0.2) is 8.42 Å². The highest BCUT2D eigenvalue weighted by Crippen LogP contribution is 2.24. The first-order valence-electron chi connectivity index (χ1n) is 8.33. The first kappa shape index (κ1) is 21.2. The number of amides is 1. The molecule has 0 saturated heterocycles. The molecule has 1 heterocycles. The number of hydrogen-bond donors (Lipinski definition) is 2. The summed E-state index contributed by atoms with van der Waals surface area (Å²) in [5.74, 6) is 0.598. The topological polar surface area (TPSA) is 93.7 Å². The molecule has 27 heavy (non-hydrogen) atoms. The van der Waals surface area contributed by atoms with E-state index in [2.05, 4.69) is 10.0 Å². The van der Waals surface area contributed by atoms with Gasteiger partial charge in [0, 0.05) is 18.2 Å². The zero-order chi connectivity index (χ0) is 20.0. The largest absolute Gasteiger partial charge is 0.497 e. The first-order chi connectivity index (χ1) is 12.8. The van der Waals surface area contributed by atoms with Crippen LogP contribution in [0.2, 0.25) is 0 Å². The summed E-state index contributed by atoms with van der Waals surface area (Å²) < 4.78 is 38.0. The molecule has 2 rings (SSSR count). The molecule has 0 aliphatic carbocycles. The number of methoxy groups -OCH3 is 2. The molecular formula is C18H24N2O5S2. The Bertz CT molecular complexity index is 864. The molecule has 1 amide bonds. The van der Waals surface area contributed by atoms with Crippen LogP contribution in [0.4, 0.5) is 0 Å². The Morgan fingerprint density at radius 1 is 1.19 bits per heavy atom. The van der Waals surface area contributed by atoms with E-state index in [0.29, 0.717) is 11.5 Å². The molecule has 2 aromatic rings. The van der Waals surface area contributed by atoms with E-state index in [4.69, 9.17) is 9.47 Å². The second-order valence-electron chi connectivity index (χ2n) is 6.17. The molecule has 9 heteroatoms. The van der Waals surface area contributed by atoms with E-state index in [9.17, 15) is 13.2 Å². The van der Waals surface area contributed by atoms with E-state index in [1.165, 1.54) is 13.2 Å². The summed E-state index contributed by atoms with van der Waals surface area (Å²) in [5, 5.41) is 4.45. The Kier molecular flexibility index (Phi) is 7.23. The maximum Gasteiger partial charge on any atom is 0.250 e. The Morgan fingerprint density at radius 2 is 1.93 bits per heavy atom. The fraction of sp³-hybridized carbons (Fsp3) is 0.389. The number of nitrogens with one attached hydrogen (secondary N) is 2. The quantitative estimate of drug-likeness (QED) is 0.660. The summed E-state index contributed by atoms with van der Waals surface area (Å²) in [4.78, 5) is 12.6. The van der Waals surface area contributed by atoms with Crippen molar-refractivity contribution in [2.45, 2.75) is 30.6 Å². The van der Waals surface area contributed by atoms with Gasteiger partial charge >= 0.3 is 0 Å². The standard InChI is InChI=1S/C18H24N2O5S2/c1-12(2)17(20-27(22,23)16-6-5-9-26-16)18(21)19-11-13-7-8-14(24-3)10-15(13)25-4/h5-10,12,17,20H,11H2,1-4H3,(H,19,21). The van der Waals surface area contributed by atoms with Gasteiger partial charge in [0.2, 0.25) is 5.91 Å². The lowest BCUT2D eigenvalue weighted by Crippen LogP contribution is -2.49. The van der Waals surface area contributed by atoms with Crippen LogP contribution >= 0.6 is 11.3 Å². The van der Waals surface area contributed by atoms with Crippen molar-refractivity contribution >= 4 is 27.3 Å². The molecule has 0 aliphatic heterocycles. The molecule has 0 fully saturated rings. The van der Waals surface area contributed by atoms with Gasteiger partial charge < -0.3 is 14.8 Å². The highest BCUT2D eigenvalue weighted by atomic mass is 32.2. The minimum absolute atomic E-state index is 0.178. The van der Waals surface area contributed by atoms with Crippen molar-refractivity contribution in [1.82, 2.24) is 10.0 Å². The molecular weight excluding hydrogens is 388 g/mol. The van der Waals surface area contributed by atoms with Gasteiger partial charge in [-0.2, -0.15) is 4.72 Å². The van der Waals surface area contributed by atoms with E-state index in [1.54, 1.807) is 50.6 Å². The number of sulfonamides is 1. The van der Waals surface area contributed by atoms with Gasteiger partial charge in [0.05, 0.1) is 14.2 Å². The summed E-state index contributed by atoms with van der Waals surface area (Å²) >= 11 is 1.10. The van der Waals surface area contributed by atoms with Crippen LogP contribution in [0.1, 0.15) is 19.4 Å². The maximum atomic E-state index is 12.6.